The second kappa shape index (κ2) is 12.9. The van der Waals surface area contributed by atoms with Gasteiger partial charge in [-0.2, -0.15) is 5.26 Å². The highest BCUT2D eigenvalue weighted by molar-refractivity contribution is 6.32. The molecule has 0 saturated carbocycles. The molecule has 1 saturated heterocycles. The Morgan fingerprint density at radius 2 is 1.86 bits per heavy atom. The van der Waals surface area contributed by atoms with Crippen LogP contribution in [0.5, 0.6) is 0 Å². The van der Waals surface area contributed by atoms with Crippen LogP contribution in [0.3, 0.4) is 0 Å². The number of anilines is 3. The van der Waals surface area contributed by atoms with Gasteiger partial charge >= 0.3 is 0 Å². The van der Waals surface area contributed by atoms with E-state index in [0.29, 0.717) is 45.1 Å². The van der Waals surface area contributed by atoms with E-state index in [9.17, 15) is 9.65 Å². The molecule has 3 aromatic carbocycles. The number of aromatic nitrogens is 4. The Morgan fingerprint density at radius 3 is 2.63 bits per heavy atom. The van der Waals surface area contributed by atoms with Gasteiger partial charge in [0, 0.05) is 41.9 Å². The summed E-state index contributed by atoms with van der Waals surface area (Å²) < 4.78 is 21.1. The zero-order chi connectivity index (χ0) is 29.8. The zero-order valence-electron chi connectivity index (χ0n) is 23.0. The van der Waals surface area contributed by atoms with E-state index in [-0.39, 0.29) is 11.1 Å². The van der Waals surface area contributed by atoms with Crippen molar-refractivity contribution in [2.75, 3.05) is 43.5 Å². The van der Waals surface area contributed by atoms with Crippen LogP contribution in [0.25, 0.3) is 10.9 Å². The Hall–Kier alpha value is -4.27. The van der Waals surface area contributed by atoms with Crippen LogP contribution >= 0.6 is 23.2 Å². The fraction of sp³-hybridized carbons (Fsp3) is 0.226. The summed E-state index contributed by atoms with van der Waals surface area (Å²) in [4.78, 5) is 6.98. The van der Waals surface area contributed by atoms with Gasteiger partial charge in [-0.3, -0.25) is 14.6 Å². The number of nitriles is 1. The van der Waals surface area contributed by atoms with Gasteiger partial charge < -0.3 is 15.4 Å². The first kappa shape index (κ1) is 28.8. The Bertz CT molecular complexity index is 1790. The molecule has 0 unspecified atom stereocenters. The molecule has 5 aromatic rings. The van der Waals surface area contributed by atoms with Gasteiger partial charge in [0.05, 0.1) is 59.5 Å². The van der Waals surface area contributed by atoms with Gasteiger partial charge in [0.1, 0.15) is 17.6 Å². The lowest BCUT2D eigenvalue weighted by Gasteiger charge is -2.26. The van der Waals surface area contributed by atoms with Crippen LogP contribution in [0.1, 0.15) is 22.9 Å². The van der Waals surface area contributed by atoms with E-state index in [1.807, 2.05) is 41.2 Å². The summed E-state index contributed by atoms with van der Waals surface area (Å²) in [6, 6.07) is 19.5. The van der Waals surface area contributed by atoms with Crippen molar-refractivity contribution in [3.8, 4) is 6.07 Å². The number of morpholine rings is 1. The SMILES string of the molecule is N#Cc1cnc2c(N[C@@H](c3ccccc3)c3cn(CCN4CCOCC4)nn3)cc(Cl)cc2c1Nc1ccc(F)c(Cl)c1. The molecule has 1 fully saturated rings. The third kappa shape index (κ3) is 6.55. The third-order valence-corrected chi connectivity index (χ3v) is 7.79. The standard InChI is InChI=1S/C31H27Cl2FN8O/c32-22-14-24-29(37-23-6-7-26(34)25(33)16-23)21(17-35)18-36-31(24)27(15-22)38-30(20-4-2-1-3-5-20)28-19-42(40-39-28)9-8-41-10-12-43-13-11-41/h1-7,14-16,18-19,30,38H,8-13H2,(H,36,37)/t30-/m0/s1. The molecule has 1 aliphatic rings. The van der Waals surface area contributed by atoms with Gasteiger partial charge in [0.25, 0.3) is 0 Å². The van der Waals surface area contributed by atoms with Gasteiger partial charge in [0.2, 0.25) is 0 Å². The lowest BCUT2D eigenvalue weighted by Crippen LogP contribution is -2.38. The van der Waals surface area contributed by atoms with Crippen molar-refractivity contribution in [2.45, 2.75) is 12.6 Å². The lowest BCUT2D eigenvalue weighted by atomic mass is 10.0. The van der Waals surface area contributed by atoms with Crippen LogP contribution < -0.4 is 10.6 Å². The monoisotopic (exact) mass is 616 g/mol. The Kier molecular flexibility index (Phi) is 8.67. The van der Waals surface area contributed by atoms with Crippen molar-refractivity contribution in [3.05, 3.63) is 106 Å². The molecule has 3 heterocycles. The Labute approximate surface area is 257 Å². The second-order valence-corrected chi connectivity index (χ2v) is 11.0. The number of halogens is 3. The highest BCUT2D eigenvalue weighted by Crippen LogP contribution is 2.37. The van der Waals surface area contributed by atoms with Gasteiger partial charge in [-0.1, -0.05) is 58.7 Å². The smallest absolute Gasteiger partial charge is 0.141 e. The van der Waals surface area contributed by atoms with Crippen molar-refractivity contribution in [1.29, 1.82) is 5.26 Å². The van der Waals surface area contributed by atoms with E-state index in [1.54, 1.807) is 18.2 Å². The minimum Gasteiger partial charge on any atom is -0.379 e. The van der Waals surface area contributed by atoms with Crippen molar-refractivity contribution < 1.29 is 9.13 Å². The summed E-state index contributed by atoms with van der Waals surface area (Å²) in [5.41, 5.74) is 4.22. The maximum absolute atomic E-state index is 13.8. The molecule has 0 amide bonds. The minimum absolute atomic E-state index is 0.0362. The van der Waals surface area contributed by atoms with Crippen molar-refractivity contribution in [2.24, 2.45) is 0 Å². The molecule has 2 N–H and O–H groups in total. The van der Waals surface area contributed by atoms with Gasteiger partial charge in [-0.05, 0) is 35.9 Å². The van der Waals surface area contributed by atoms with Gasteiger partial charge in [-0.25, -0.2) is 4.39 Å². The molecule has 1 aliphatic heterocycles. The second-order valence-electron chi connectivity index (χ2n) is 10.1. The molecule has 12 heteroatoms. The Morgan fingerprint density at radius 1 is 1.05 bits per heavy atom. The summed E-state index contributed by atoms with van der Waals surface area (Å²) in [5.74, 6) is -0.535. The van der Waals surface area contributed by atoms with E-state index in [1.165, 1.54) is 18.3 Å². The average Bonchev–Trinajstić information content (AvgIpc) is 3.50. The number of ether oxygens (including phenoxy) is 1. The van der Waals surface area contributed by atoms with Gasteiger partial charge in [0.15, 0.2) is 0 Å². The molecule has 0 spiro atoms. The number of fused-ring (bicyclic) bond motifs is 1. The molecule has 0 radical (unpaired) electrons. The number of benzene rings is 3. The third-order valence-electron chi connectivity index (χ3n) is 7.28. The zero-order valence-corrected chi connectivity index (χ0v) is 24.5. The molecule has 2 aromatic heterocycles. The van der Waals surface area contributed by atoms with E-state index < -0.39 is 5.82 Å². The summed E-state index contributed by atoms with van der Waals surface area (Å²) >= 11 is 12.7. The van der Waals surface area contributed by atoms with Crippen LogP contribution in [-0.4, -0.2) is 57.7 Å². The fourth-order valence-corrected chi connectivity index (χ4v) is 5.47. The minimum atomic E-state index is -0.535. The van der Waals surface area contributed by atoms with E-state index in [4.69, 9.17) is 27.9 Å². The van der Waals surface area contributed by atoms with Crippen LogP contribution in [-0.2, 0) is 11.3 Å². The molecular formula is C31H27Cl2FN8O. The number of nitrogens with one attached hydrogen (secondary N) is 2. The number of rotatable bonds is 9. The predicted molar refractivity (Wildman–Crippen MR) is 165 cm³/mol. The first-order valence-electron chi connectivity index (χ1n) is 13.7. The molecule has 0 bridgehead atoms. The van der Waals surface area contributed by atoms with Crippen LogP contribution in [0.4, 0.5) is 21.5 Å². The highest BCUT2D eigenvalue weighted by Gasteiger charge is 2.22. The molecular weight excluding hydrogens is 590 g/mol. The van der Waals surface area contributed by atoms with Gasteiger partial charge in [-0.15, -0.1) is 5.10 Å². The van der Waals surface area contributed by atoms with Crippen LogP contribution in [0.15, 0.2) is 73.1 Å². The van der Waals surface area contributed by atoms with Crippen LogP contribution in [0, 0.1) is 17.1 Å². The lowest BCUT2D eigenvalue weighted by molar-refractivity contribution is 0.0359. The topological polar surface area (TPSA) is 104 Å². The maximum Gasteiger partial charge on any atom is 0.141 e. The summed E-state index contributed by atoms with van der Waals surface area (Å²) in [5, 5.41) is 26.6. The molecule has 1 atom stereocenters. The first-order valence-corrected chi connectivity index (χ1v) is 14.5. The molecule has 9 nitrogen and oxygen atoms in total. The normalized spacial score (nSPS) is 14.4. The Balaban J connectivity index is 1.35. The van der Waals surface area contributed by atoms with Crippen molar-refractivity contribution >= 4 is 51.2 Å². The maximum atomic E-state index is 13.8. The number of nitrogens with zero attached hydrogens (tertiary/aromatic N) is 6. The van der Waals surface area contributed by atoms with E-state index in [0.717, 1.165) is 44.1 Å². The fourth-order valence-electron chi connectivity index (χ4n) is 5.07. The number of hydrogen-bond donors (Lipinski definition) is 2. The first-order chi connectivity index (χ1) is 21.0. The summed E-state index contributed by atoms with van der Waals surface area (Å²) in [6.45, 7) is 4.86. The summed E-state index contributed by atoms with van der Waals surface area (Å²) in [7, 11) is 0. The van der Waals surface area contributed by atoms with E-state index in [2.05, 4.69) is 36.9 Å². The summed E-state index contributed by atoms with van der Waals surface area (Å²) in [6.07, 6.45) is 3.44. The highest BCUT2D eigenvalue weighted by atomic mass is 35.5. The largest absolute Gasteiger partial charge is 0.379 e. The molecule has 43 heavy (non-hydrogen) atoms. The molecule has 218 valence electrons. The van der Waals surface area contributed by atoms with Crippen molar-refractivity contribution in [3.63, 3.8) is 0 Å². The number of hydrogen-bond acceptors (Lipinski definition) is 8. The van der Waals surface area contributed by atoms with Crippen molar-refractivity contribution in [1.82, 2.24) is 24.9 Å². The average molecular weight is 618 g/mol. The van der Waals surface area contributed by atoms with Crippen LogP contribution in [0.2, 0.25) is 10.0 Å². The molecule has 6 rings (SSSR count). The quantitative estimate of drug-likeness (QED) is 0.195. The number of pyridine rings is 1. The predicted octanol–water partition coefficient (Wildman–Crippen LogP) is 6.42. The van der Waals surface area contributed by atoms with E-state index >= 15 is 0 Å². The molecule has 0 aliphatic carbocycles.